The molecule has 0 aliphatic rings. The third-order valence-corrected chi connectivity index (χ3v) is 3.41. The Balaban J connectivity index is 1.81. The first kappa shape index (κ1) is 17.2. The van der Waals surface area contributed by atoms with E-state index in [9.17, 15) is 0 Å². The van der Waals surface area contributed by atoms with Crippen LogP contribution in [0.1, 0.15) is 39.2 Å². The van der Waals surface area contributed by atoms with Crippen LogP contribution in [0.25, 0.3) is 0 Å². The fraction of sp³-hybridized carbons (Fsp3) is 0.400. The van der Waals surface area contributed by atoms with Gasteiger partial charge in [-0.15, -0.1) is 0 Å². The Kier molecular flexibility index (Phi) is 6.79. The van der Waals surface area contributed by atoms with E-state index in [-0.39, 0.29) is 6.10 Å². The molecular weight excluding hydrogens is 286 g/mol. The number of nitrogens with one attached hydrogen (secondary N) is 1. The van der Waals surface area contributed by atoms with Crippen LogP contribution in [0.15, 0.2) is 48.5 Å². The van der Waals surface area contributed by atoms with Crippen molar-refractivity contribution in [2.75, 3.05) is 11.9 Å². The van der Waals surface area contributed by atoms with Crippen molar-refractivity contribution < 1.29 is 9.47 Å². The summed E-state index contributed by atoms with van der Waals surface area (Å²) < 4.78 is 11.3. The van der Waals surface area contributed by atoms with Crippen LogP contribution in [-0.4, -0.2) is 12.7 Å². The van der Waals surface area contributed by atoms with Gasteiger partial charge in [-0.1, -0.05) is 25.5 Å². The second kappa shape index (κ2) is 9.09. The van der Waals surface area contributed by atoms with Crippen LogP contribution in [0.3, 0.4) is 0 Å². The van der Waals surface area contributed by atoms with Crippen molar-refractivity contribution in [2.45, 2.75) is 46.3 Å². The van der Waals surface area contributed by atoms with E-state index in [1.807, 2.05) is 50.2 Å². The van der Waals surface area contributed by atoms with Crippen LogP contribution in [-0.2, 0) is 6.54 Å². The molecule has 3 heteroatoms. The lowest BCUT2D eigenvalue weighted by Gasteiger charge is -2.11. The molecule has 0 atom stereocenters. The monoisotopic (exact) mass is 313 g/mol. The molecule has 23 heavy (non-hydrogen) atoms. The SMILES string of the molecule is CCCCOc1ccc(CNc2ccc(OC(C)C)cc2)cc1. The predicted molar refractivity (Wildman–Crippen MR) is 96.4 cm³/mol. The fourth-order valence-electron chi connectivity index (χ4n) is 2.17. The summed E-state index contributed by atoms with van der Waals surface area (Å²) in [6.45, 7) is 7.81. The third kappa shape index (κ3) is 6.23. The molecule has 3 nitrogen and oxygen atoms in total. The summed E-state index contributed by atoms with van der Waals surface area (Å²) in [7, 11) is 0. The van der Waals surface area contributed by atoms with Gasteiger partial charge in [0.2, 0.25) is 0 Å². The summed E-state index contributed by atoms with van der Waals surface area (Å²) >= 11 is 0. The summed E-state index contributed by atoms with van der Waals surface area (Å²) in [5.74, 6) is 1.84. The third-order valence-electron chi connectivity index (χ3n) is 3.41. The molecule has 2 rings (SSSR count). The molecule has 0 spiro atoms. The standard InChI is InChI=1S/C20H27NO2/c1-4-5-14-22-19-10-6-17(7-11-19)15-21-18-8-12-20(13-9-18)23-16(2)3/h6-13,16,21H,4-5,14-15H2,1-3H3. The highest BCUT2D eigenvalue weighted by Gasteiger charge is 1.99. The zero-order valence-corrected chi connectivity index (χ0v) is 14.3. The van der Waals surface area contributed by atoms with E-state index in [0.29, 0.717) is 0 Å². The van der Waals surface area contributed by atoms with Crippen LogP contribution in [0, 0.1) is 0 Å². The van der Waals surface area contributed by atoms with E-state index in [1.54, 1.807) is 0 Å². The molecule has 0 saturated heterocycles. The number of anilines is 1. The van der Waals surface area contributed by atoms with Crippen molar-refractivity contribution in [3.8, 4) is 11.5 Å². The normalized spacial score (nSPS) is 10.6. The minimum Gasteiger partial charge on any atom is -0.494 e. The van der Waals surface area contributed by atoms with Crippen LogP contribution in [0.2, 0.25) is 0 Å². The van der Waals surface area contributed by atoms with Crippen molar-refractivity contribution in [1.82, 2.24) is 0 Å². The molecule has 0 fully saturated rings. The first-order chi connectivity index (χ1) is 11.2. The minimum absolute atomic E-state index is 0.201. The van der Waals surface area contributed by atoms with Crippen molar-refractivity contribution in [3.63, 3.8) is 0 Å². The molecule has 0 aromatic heterocycles. The molecule has 0 heterocycles. The second-order valence-electron chi connectivity index (χ2n) is 5.89. The maximum absolute atomic E-state index is 5.67. The van der Waals surface area contributed by atoms with Gasteiger partial charge in [0, 0.05) is 12.2 Å². The molecular formula is C20H27NO2. The molecule has 124 valence electrons. The maximum atomic E-state index is 5.67. The van der Waals surface area contributed by atoms with Crippen molar-refractivity contribution in [2.24, 2.45) is 0 Å². The van der Waals surface area contributed by atoms with Crippen molar-refractivity contribution in [1.29, 1.82) is 0 Å². The maximum Gasteiger partial charge on any atom is 0.119 e. The molecule has 0 aliphatic heterocycles. The first-order valence-corrected chi connectivity index (χ1v) is 8.39. The Morgan fingerprint density at radius 1 is 0.913 bits per heavy atom. The first-order valence-electron chi connectivity index (χ1n) is 8.39. The van der Waals surface area contributed by atoms with Gasteiger partial charge in [0.15, 0.2) is 0 Å². The van der Waals surface area contributed by atoms with E-state index in [1.165, 1.54) is 5.56 Å². The Morgan fingerprint density at radius 3 is 2.17 bits per heavy atom. The zero-order valence-electron chi connectivity index (χ0n) is 14.3. The van der Waals surface area contributed by atoms with Gasteiger partial charge < -0.3 is 14.8 Å². The van der Waals surface area contributed by atoms with Gasteiger partial charge in [-0.3, -0.25) is 0 Å². The summed E-state index contributed by atoms with van der Waals surface area (Å²) in [5.41, 5.74) is 2.32. The van der Waals surface area contributed by atoms with E-state index >= 15 is 0 Å². The molecule has 0 bridgehead atoms. The van der Waals surface area contributed by atoms with Crippen LogP contribution in [0.4, 0.5) is 5.69 Å². The molecule has 0 radical (unpaired) electrons. The lowest BCUT2D eigenvalue weighted by atomic mass is 10.2. The van der Waals surface area contributed by atoms with Crippen molar-refractivity contribution >= 4 is 5.69 Å². The molecule has 0 saturated carbocycles. The number of ether oxygens (including phenoxy) is 2. The second-order valence-corrected chi connectivity index (χ2v) is 5.89. The van der Waals surface area contributed by atoms with Gasteiger partial charge in [0.1, 0.15) is 11.5 Å². The van der Waals surface area contributed by atoms with Gasteiger partial charge in [-0.05, 0) is 62.2 Å². The Morgan fingerprint density at radius 2 is 1.57 bits per heavy atom. The quantitative estimate of drug-likeness (QED) is 0.640. The number of hydrogen-bond donors (Lipinski definition) is 1. The average Bonchev–Trinajstić information content (AvgIpc) is 2.55. The van der Waals surface area contributed by atoms with E-state index < -0.39 is 0 Å². The molecule has 1 N–H and O–H groups in total. The largest absolute Gasteiger partial charge is 0.494 e. The minimum atomic E-state index is 0.201. The number of unbranched alkanes of at least 4 members (excludes halogenated alkanes) is 1. The van der Waals surface area contributed by atoms with Gasteiger partial charge >= 0.3 is 0 Å². The molecule has 0 unspecified atom stereocenters. The molecule has 0 aliphatic carbocycles. The Bertz CT molecular complexity index is 561. The lowest BCUT2D eigenvalue weighted by Crippen LogP contribution is -2.05. The smallest absolute Gasteiger partial charge is 0.119 e. The Labute approximate surface area is 139 Å². The van der Waals surface area contributed by atoms with E-state index in [0.717, 1.165) is 43.2 Å². The number of rotatable bonds is 9. The molecule has 0 amide bonds. The summed E-state index contributed by atoms with van der Waals surface area (Å²) in [6, 6.07) is 16.3. The summed E-state index contributed by atoms with van der Waals surface area (Å²) in [4.78, 5) is 0. The van der Waals surface area contributed by atoms with Gasteiger partial charge in [0.25, 0.3) is 0 Å². The summed E-state index contributed by atoms with van der Waals surface area (Å²) in [5, 5.41) is 3.42. The van der Waals surface area contributed by atoms with Gasteiger partial charge in [-0.2, -0.15) is 0 Å². The van der Waals surface area contributed by atoms with Crippen LogP contribution in [0.5, 0.6) is 11.5 Å². The number of hydrogen-bond acceptors (Lipinski definition) is 3. The fourth-order valence-corrected chi connectivity index (χ4v) is 2.17. The summed E-state index contributed by atoms with van der Waals surface area (Å²) in [6.07, 6.45) is 2.45. The van der Waals surface area contributed by atoms with Crippen molar-refractivity contribution in [3.05, 3.63) is 54.1 Å². The Hall–Kier alpha value is -2.16. The highest BCUT2D eigenvalue weighted by molar-refractivity contribution is 5.47. The lowest BCUT2D eigenvalue weighted by molar-refractivity contribution is 0.242. The van der Waals surface area contributed by atoms with E-state index in [4.69, 9.17) is 9.47 Å². The van der Waals surface area contributed by atoms with Gasteiger partial charge in [-0.25, -0.2) is 0 Å². The van der Waals surface area contributed by atoms with Gasteiger partial charge in [0.05, 0.1) is 12.7 Å². The molecule has 2 aromatic carbocycles. The molecule has 2 aromatic rings. The van der Waals surface area contributed by atoms with Crippen LogP contribution < -0.4 is 14.8 Å². The highest BCUT2D eigenvalue weighted by Crippen LogP contribution is 2.18. The van der Waals surface area contributed by atoms with Crippen LogP contribution >= 0.6 is 0 Å². The zero-order chi connectivity index (χ0) is 16.5. The topological polar surface area (TPSA) is 30.5 Å². The van der Waals surface area contributed by atoms with E-state index in [2.05, 4.69) is 24.4 Å². The average molecular weight is 313 g/mol. The number of benzene rings is 2. The predicted octanol–water partition coefficient (Wildman–Crippen LogP) is 5.26. The highest BCUT2D eigenvalue weighted by atomic mass is 16.5.